The number of carbonyl (C=O) groups is 2. The molecule has 1 aromatic heterocycles. The van der Waals surface area contributed by atoms with E-state index in [1.54, 1.807) is 41.6 Å². The van der Waals surface area contributed by atoms with Crippen molar-refractivity contribution in [1.29, 1.82) is 0 Å². The summed E-state index contributed by atoms with van der Waals surface area (Å²) in [6, 6.07) is 14.5. The van der Waals surface area contributed by atoms with Gasteiger partial charge in [-0.1, -0.05) is 29.8 Å². The predicted octanol–water partition coefficient (Wildman–Crippen LogP) is 3.25. The molecule has 0 unspecified atom stereocenters. The first-order chi connectivity index (χ1) is 15.1. The summed E-state index contributed by atoms with van der Waals surface area (Å²) in [7, 11) is 0. The summed E-state index contributed by atoms with van der Waals surface area (Å²) in [5, 5.41) is 0.456. The maximum Gasteiger partial charge on any atom is 0.260 e. The number of fused-ring (bicyclic) bond motifs is 1. The number of rotatable bonds is 3. The van der Waals surface area contributed by atoms with Crippen molar-refractivity contribution in [2.45, 2.75) is 6.54 Å². The maximum atomic E-state index is 13.1. The molecule has 0 saturated carbocycles. The van der Waals surface area contributed by atoms with E-state index in [2.05, 4.69) is 14.9 Å². The number of carbonyl (C=O) groups excluding carboxylic acids is 2. The van der Waals surface area contributed by atoms with Crippen molar-refractivity contribution in [2.24, 2.45) is 0 Å². The average Bonchev–Trinajstić information content (AvgIpc) is 3.17. The molecule has 0 spiro atoms. The van der Waals surface area contributed by atoms with Gasteiger partial charge >= 0.3 is 0 Å². The standard InChI is InChI=1S/C23H20ClN5O2/c24-19-7-2-5-17-15-29(22(31)20(17)19)18-6-1-4-16(14-18)21(30)27-10-12-28(13-11-27)23-25-8-3-9-26-23/h1-9,14H,10-13,15H2. The van der Waals surface area contributed by atoms with Gasteiger partial charge in [0.05, 0.1) is 17.1 Å². The lowest BCUT2D eigenvalue weighted by atomic mass is 10.1. The van der Waals surface area contributed by atoms with E-state index in [0.717, 1.165) is 5.56 Å². The summed E-state index contributed by atoms with van der Waals surface area (Å²) >= 11 is 6.24. The van der Waals surface area contributed by atoms with Crippen molar-refractivity contribution in [2.75, 3.05) is 36.0 Å². The molecule has 0 N–H and O–H groups in total. The van der Waals surface area contributed by atoms with Gasteiger partial charge < -0.3 is 14.7 Å². The zero-order valence-corrected chi connectivity index (χ0v) is 17.5. The van der Waals surface area contributed by atoms with Crippen molar-refractivity contribution in [3.05, 3.63) is 82.6 Å². The van der Waals surface area contributed by atoms with Crippen molar-refractivity contribution in [3.8, 4) is 0 Å². The SMILES string of the molecule is O=C(c1cccc(N2Cc3cccc(Cl)c3C2=O)c1)N1CCN(c2ncccn2)CC1. The number of benzene rings is 2. The minimum Gasteiger partial charge on any atom is -0.337 e. The Balaban J connectivity index is 1.30. The molecule has 2 aliphatic rings. The molecule has 5 rings (SSSR count). The van der Waals surface area contributed by atoms with Crippen LogP contribution < -0.4 is 9.80 Å². The summed E-state index contributed by atoms with van der Waals surface area (Å²) in [4.78, 5) is 40.1. The summed E-state index contributed by atoms with van der Waals surface area (Å²) in [5.74, 6) is 0.502. The van der Waals surface area contributed by atoms with E-state index in [9.17, 15) is 9.59 Å². The molecule has 156 valence electrons. The van der Waals surface area contributed by atoms with Crippen LogP contribution in [0.15, 0.2) is 60.9 Å². The van der Waals surface area contributed by atoms with Gasteiger partial charge in [-0.3, -0.25) is 9.59 Å². The molecule has 31 heavy (non-hydrogen) atoms. The molecule has 2 amide bonds. The van der Waals surface area contributed by atoms with Gasteiger partial charge in [0.15, 0.2) is 0 Å². The second-order valence-corrected chi connectivity index (χ2v) is 7.95. The summed E-state index contributed by atoms with van der Waals surface area (Å²) in [5.41, 5.74) is 2.70. The Morgan fingerprint density at radius 2 is 1.68 bits per heavy atom. The van der Waals surface area contributed by atoms with Crippen LogP contribution in [-0.4, -0.2) is 52.9 Å². The fraction of sp³-hybridized carbons (Fsp3) is 0.217. The number of piperazine rings is 1. The van der Waals surface area contributed by atoms with E-state index in [0.29, 0.717) is 60.5 Å². The van der Waals surface area contributed by atoms with Crippen molar-refractivity contribution in [1.82, 2.24) is 14.9 Å². The van der Waals surface area contributed by atoms with Crippen LogP contribution in [0.1, 0.15) is 26.3 Å². The van der Waals surface area contributed by atoms with Gasteiger partial charge in [0, 0.05) is 49.8 Å². The lowest BCUT2D eigenvalue weighted by Crippen LogP contribution is -2.49. The van der Waals surface area contributed by atoms with E-state index >= 15 is 0 Å². The second kappa shape index (κ2) is 8.00. The summed E-state index contributed by atoms with van der Waals surface area (Å²) < 4.78 is 0. The lowest BCUT2D eigenvalue weighted by molar-refractivity contribution is 0.0746. The zero-order valence-electron chi connectivity index (χ0n) is 16.7. The molecule has 8 heteroatoms. The molecule has 3 aromatic rings. The van der Waals surface area contributed by atoms with Crippen molar-refractivity contribution in [3.63, 3.8) is 0 Å². The minimum absolute atomic E-state index is 0.0438. The Morgan fingerprint density at radius 1 is 0.935 bits per heavy atom. The smallest absolute Gasteiger partial charge is 0.260 e. The van der Waals surface area contributed by atoms with E-state index in [1.165, 1.54) is 0 Å². The highest BCUT2D eigenvalue weighted by Gasteiger charge is 2.31. The first-order valence-electron chi connectivity index (χ1n) is 10.1. The third-order valence-corrected chi connectivity index (χ3v) is 6.01. The van der Waals surface area contributed by atoms with Gasteiger partial charge in [-0.15, -0.1) is 0 Å². The monoisotopic (exact) mass is 433 g/mol. The molecular formula is C23H20ClN5O2. The molecule has 3 heterocycles. The Morgan fingerprint density at radius 3 is 2.42 bits per heavy atom. The van der Waals surface area contributed by atoms with Crippen LogP contribution in [0.25, 0.3) is 0 Å². The van der Waals surface area contributed by atoms with E-state index in [1.807, 2.05) is 29.2 Å². The van der Waals surface area contributed by atoms with Crippen LogP contribution in [-0.2, 0) is 6.54 Å². The third kappa shape index (κ3) is 3.61. The summed E-state index contributed by atoms with van der Waals surface area (Å²) in [6.07, 6.45) is 3.44. The normalized spacial score (nSPS) is 15.9. The average molecular weight is 434 g/mol. The molecule has 7 nitrogen and oxygen atoms in total. The van der Waals surface area contributed by atoms with Crippen LogP contribution >= 0.6 is 11.6 Å². The summed E-state index contributed by atoms with van der Waals surface area (Å²) in [6.45, 7) is 2.97. The Kier molecular flexibility index (Phi) is 5.03. The van der Waals surface area contributed by atoms with Crippen LogP contribution in [0.3, 0.4) is 0 Å². The van der Waals surface area contributed by atoms with Crippen LogP contribution in [0, 0.1) is 0 Å². The predicted molar refractivity (Wildman–Crippen MR) is 119 cm³/mol. The van der Waals surface area contributed by atoms with Crippen molar-refractivity contribution >= 4 is 35.1 Å². The first kappa shape index (κ1) is 19.5. The molecule has 0 atom stereocenters. The molecule has 2 aromatic carbocycles. The van der Waals surface area contributed by atoms with Crippen LogP contribution in [0.4, 0.5) is 11.6 Å². The minimum atomic E-state index is -0.137. The topological polar surface area (TPSA) is 69.6 Å². The molecule has 1 saturated heterocycles. The number of nitrogens with zero attached hydrogens (tertiary/aromatic N) is 5. The first-order valence-corrected chi connectivity index (χ1v) is 10.5. The van der Waals surface area contributed by atoms with Gasteiger partial charge in [0.2, 0.25) is 5.95 Å². The van der Waals surface area contributed by atoms with Gasteiger partial charge in [0.25, 0.3) is 11.8 Å². The number of aromatic nitrogens is 2. The number of hydrogen-bond donors (Lipinski definition) is 0. The van der Waals surface area contributed by atoms with Gasteiger partial charge in [-0.25, -0.2) is 9.97 Å². The Labute approximate surface area is 184 Å². The zero-order chi connectivity index (χ0) is 21.4. The van der Waals surface area contributed by atoms with Crippen LogP contribution in [0.2, 0.25) is 5.02 Å². The highest BCUT2D eigenvalue weighted by Crippen LogP contribution is 2.33. The fourth-order valence-corrected chi connectivity index (χ4v) is 4.35. The van der Waals surface area contributed by atoms with Crippen LogP contribution in [0.5, 0.6) is 0 Å². The third-order valence-electron chi connectivity index (χ3n) is 5.69. The highest BCUT2D eigenvalue weighted by molar-refractivity contribution is 6.35. The molecule has 0 radical (unpaired) electrons. The number of anilines is 2. The number of halogens is 1. The van der Waals surface area contributed by atoms with Gasteiger partial charge in [-0.2, -0.15) is 0 Å². The van der Waals surface area contributed by atoms with Gasteiger partial charge in [0.1, 0.15) is 0 Å². The van der Waals surface area contributed by atoms with E-state index < -0.39 is 0 Å². The maximum absolute atomic E-state index is 13.1. The molecule has 0 bridgehead atoms. The Hall–Kier alpha value is -3.45. The molecule has 1 fully saturated rings. The fourth-order valence-electron chi connectivity index (χ4n) is 4.08. The second-order valence-electron chi connectivity index (χ2n) is 7.54. The number of hydrogen-bond acceptors (Lipinski definition) is 5. The number of amides is 2. The highest BCUT2D eigenvalue weighted by atomic mass is 35.5. The van der Waals surface area contributed by atoms with E-state index in [-0.39, 0.29) is 11.8 Å². The quantitative estimate of drug-likeness (QED) is 0.634. The largest absolute Gasteiger partial charge is 0.337 e. The Bertz CT molecular complexity index is 1150. The molecule has 2 aliphatic heterocycles. The van der Waals surface area contributed by atoms with Crippen molar-refractivity contribution < 1.29 is 9.59 Å². The molecular weight excluding hydrogens is 414 g/mol. The van der Waals surface area contributed by atoms with E-state index in [4.69, 9.17) is 11.6 Å². The van der Waals surface area contributed by atoms with Gasteiger partial charge in [-0.05, 0) is 35.9 Å². The molecule has 0 aliphatic carbocycles. The lowest BCUT2D eigenvalue weighted by Gasteiger charge is -2.34.